The van der Waals surface area contributed by atoms with Gasteiger partial charge in [0, 0.05) is 49.2 Å². The molecule has 7 nitrogen and oxygen atoms in total. The summed E-state index contributed by atoms with van der Waals surface area (Å²) in [5, 5.41) is 0. The van der Waals surface area contributed by atoms with Gasteiger partial charge < -0.3 is 10.5 Å². The van der Waals surface area contributed by atoms with Gasteiger partial charge in [0.15, 0.2) is 0 Å². The molecule has 2 N–H and O–H groups in total. The van der Waals surface area contributed by atoms with Gasteiger partial charge in [-0.2, -0.15) is 0 Å². The first-order chi connectivity index (χ1) is 14.2. The third kappa shape index (κ3) is 3.62. The number of nitrogens with zero attached hydrogens (tertiary/aromatic N) is 5. The van der Waals surface area contributed by atoms with Crippen molar-refractivity contribution in [1.82, 2.24) is 24.9 Å². The van der Waals surface area contributed by atoms with E-state index < -0.39 is 5.41 Å². The lowest BCUT2D eigenvalue weighted by atomic mass is 9.69. The monoisotopic (exact) mass is 384 g/mol. The Morgan fingerprint density at radius 2 is 1.59 bits per heavy atom. The van der Waals surface area contributed by atoms with Gasteiger partial charge in [-0.1, -0.05) is 18.2 Å². The summed E-state index contributed by atoms with van der Waals surface area (Å²) in [4.78, 5) is 22.0. The highest BCUT2D eigenvalue weighted by Crippen LogP contribution is 2.41. The van der Waals surface area contributed by atoms with E-state index in [1.807, 2.05) is 60.9 Å². The lowest BCUT2D eigenvalue weighted by Gasteiger charge is -2.34. The summed E-state index contributed by atoms with van der Waals surface area (Å²) in [5.74, 6) is 0.759. The number of hydrogen-bond donors (Lipinski definition) is 1. The first-order valence-electron chi connectivity index (χ1n) is 9.12. The second kappa shape index (κ2) is 8.02. The van der Waals surface area contributed by atoms with Gasteiger partial charge in [-0.05, 0) is 35.4 Å². The molecular weight excluding hydrogens is 364 g/mol. The van der Waals surface area contributed by atoms with E-state index in [4.69, 9.17) is 15.5 Å². The Hall–Kier alpha value is -3.87. The number of methoxy groups -OCH3 is 1. The molecule has 0 aliphatic carbocycles. The van der Waals surface area contributed by atoms with Crippen molar-refractivity contribution in [2.75, 3.05) is 12.8 Å². The van der Waals surface area contributed by atoms with Crippen LogP contribution < -0.4 is 10.5 Å². The number of nitrogens with two attached hydrogens (primary N) is 1. The molecule has 0 saturated carbocycles. The Balaban J connectivity index is 2.02. The zero-order valence-corrected chi connectivity index (χ0v) is 15.9. The molecule has 0 aliphatic heterocycles. The van der Waals surface area contributed by atoms with Gasteiger partial charge in [0.1, 0.15) is 0 Å². The largest absolute Gasteiger partial charge is 0.481 e. The topological polar surface area (TPSA) is 99.7 Å². The maximum atomic E-state index is 5.86. The molecule has 0 amide bonds. The normalized spacial score (nSPS) is 11.2. The Morgan fingerprint density at radius 1 is 0.862 bits per heavy atom. The first kappa shape index (κ1) is 18.5. The summed E-state index contributed by atoms with van der Waals surface area (Å²) in [6, 6.07) is 15.5. The third-order valence-corrected chi connectivity index (χ3v) is 4.86. The smallest absolute Gasteiger partial charge is 0.220 e. The highest BCUT2D eigenvalue weighted by atomic mass is 16.5. The van der Waals surface area contributed by atoms with E-state index >= 15 is 0 Å². The van der Waals surface area contributed by atoms with Crippen molar-refractivity contribution in [3.8, 4) is 5.88 Å². The molecule has 0 radical (unpaired) electrons. The van der Waals surface area contributed by atoms with Crippen LogP contribution in [0, 0.1) is 0 Å². The zero-order valence-electron chi connectivity index (χ0n) is 15.9. The van der Waals surface area contributed by atoms with Crippen LogP contribution in [0.3, 0.4) is 0 Å². The number of nitrogen functional groups attached to an aromatic ring is 1. The fourth-order valence-electron chi connectivity index (χ4n) is 3.54. The minimum absolute atomic E-state index is 0.229. The van der Waals surface area contributed by atoms with Crippen LogP contribution >= 0.6 is 0 Å². The SMILES string of the molecule is COc1cccc(C(Cc2ccnc(N)n2)(c2cccnc2)c2cccnc2)n1. The fourth-order valence-corrected chi connectivity index (χ4v) is 3.54. The molecule has 0 saturated heterocycles. The average Bonchev–Trinajstić information content (AvgIpc) is 2.79. The van der Waals surface area contributed by atoms with E-state index in [1.54, 1.807) is 25.7 Å². The molecule has 7 heteroatoms. The van der Waals surface area contributed by atoms with Crippen LogP contribution in [0.25, 0.3) is 0 Å². The van der Waals surface area contributed by atoms with Crippen molar-refractivity contribution in [3.63, 3.8) is 0 Å². The van der Waals surface area contributed by atoms with Crippen molar-refractivity contribution in [2.45, 2.75) is 11.8 Å². The molecule has 0 unspecified atom stereocenters. The standard InChI is InChI=1S/C22H20N6O/c1-29-20-8-2-7-19(28-20)22(16-5-3-10-24-14-16,17-6-4-11-25-15-17)13-18-9-12-26-21(23)27-18/h2-12,14-15H,13H2,1H3,(H2,23,26,27). The van der Waals surface area contributed by atoms with Crippen LogP contribution in [-0.2, 0) is 11.8 Å². The maximum absolute atomic E-state index is 5.86. The van der Waals surface area contributed by atoms with Crippen LogP contribution in [0.2, 0.25) is 0 Å². The number of rotatable bonds is 6. The molecule has 0 aromatic carbocycles. The quantitative estimate of drug-likeness (QED) is 0.545. The Bertz CT molecular complexity index is 1050. The molecule has 0 atom stereocenters. The highest BCUT2D eigenvalue weighted by molar-refractivity contribution is 5.48. The van der Waals surface area contributed by atoms with Gasteiger partial charge in [0.25, 0.3) is 0 Å². The predicted molar refractivity (Wildman–Crippen MR) is 109 cm³/mol. The lowest BCUT2D eigenvalue weighted by Crippen LogP contribution is -2.34. The van der Waals surface area contributed by atoms with Crippen molar-refractivity contribution >= 4 is 5.95 Å². The number of pyridine rings is 3. The Kier molecular flexibility index (Phi) is 5.11. The Labute approximate surface area is 168 Å². The maximum Gasteiger partial charge on any atom is 0.220 e. The van der Waals surface area contributed by atoms with E-state index in [2.05, 4.69) is 19.9 Å². The van der Waals surface area contributed by atoms with Crippen molar-refractivity contribution < 1.29 is 4.74 Å². The lowest BCUT2D eigenvalue weighted by molar-refractivity contribution is 0.393. The van der Waals surface area contributed by atoms with Crippen LogP contribution in [0.5, 0.6) is 5.88 Å². The molecule has 0 aliphatic rings. The number of anilines is 1. The minimum atomic E-state index is -0.697. The zero-order chi connectivity index (χ0) is 20.1. The minimum Gasteiger partial charge on any atom is -0.481 e. The van der Waals surface area contributed by atoms with Gasteiger partial charge in [-0.15, -0.1) is 0 Å². The molecule has 4 heterocycles. The molecule has 29 heavy (non-hydrogen) atoms. The molecule has 4 aromatic heterocycles. The molecule has 0 spiro atoms. The summed E-state index contributed by atoms with van der Waals surface area (Å²) in [5.41, 5.74) is 8.68. The summed E-state index contributed by atoms with van der Waals surface area (Å²) in [6.45, 7) is 0. The van der Waals surface area contributed by atoms with Gasteiger partial charge in [-0.25, -0.2) is 15.0 Å². The van der Waals surface area contributed by atoms with Crippen LogP contribution in [-0.4, -0.2) is 32.0 Å². The number of ether oxygens (including phenoxy) is 1. The molecule has 0 fully saturated rings. The predicted octanol–water partition coefficient (Wildman–Crippen LogP) is 2.83. The molecule has 4 rings (SSSR count). The summed E-state index contributed by atoms with van der Waals surface area (Å²) in [7, 11) is 1.60. The van der Waals surface area contributed by atoms with Crippen LogP contribution in [0.1, 0.15) is 22.5 Å². The Morgan fingerprint density at radius 3 is 2.17 bits per heavy atom. The molecule has 144 valence electrons. The third-order valence-electron chi connectivity index (χ3n) is 4.86. The van der Waals surface area contributed by atoms with E-state index in [0.29, 0.717) is 12.3 Å². The van der Waals surface area contributed by atoms with Crippen molar-refractivity contribution in [2.24, 2.45) is 0 Å². The second-order valence-electron chi connectivity index (χ2n) is 6.54. The molecular formula is C22H20N6O. The average molecular weight is 384 g/mol. The van der Waals surface area contributed by atoms with E-state index in [1.165, 1.54) is 0 Å². The van der Waals surface area contributed by atoms with E-state index in [9.17, 15) is 0 Å². The second-order valence-corrected chi connectivity index (χ2v) is 6.54. The molecule has 0 bridgehead atoms. The number of aromatic nitrogens is 5. The summed E-state index contributed by atoms with van der Waals surface area (Å²) in [6.07, 6.45) is 9.35. The molecule has 4 aromatic rings. The van der Waals surface area contributed by atoms with E-state index in [0.717, 1.165) is 22.5 Å². The van der Waals surface area contributed by atoms with Crippen LogP contribution in [0.4, 0.5) is 5.95 Å². The van der Waals surface area contributed by atoms with Gasteiger partial charge in [0.2, 0.25) is 11.8 Å². The summed E-state index contributed by atoms with van der Waals surface area (Å²) < 4.78 is 5.40. The summed E-state index contributed by atoms with van der Waals surface area (Å²) >= 11 is 0. The van der Waals surface area contributed by atoms with Gasteiger partial charge in [-0.3, -0.25) is 9.97 Å². The van der Waals surface area contributed by atoms with Crippen molar-refractivity contribution in [3.05, 3.63) is 102 Å². The van der Waals surface area contributed by atoms with E-state index in [-0.39, 0.29) is 5.95 Å². The fraction of sp³-hybridized carbons (Fsp3) is 0.136. The van der Waals surface area contributed by atoms with Gasteiger partial charge >= 0.3 is 0 Å². The highest BCUT2D eigenvalue weighted by Gasteiger charge is 2.39. The van der Waals surface area contributed by atoms with Crippen LogP contribution in [0.15, 0.2) is 79.5 Å². The van der Waals surface area contributed by atoms with Crippen molar-refractivity contribution in [1.29, 1.82) is 0 Å². The number of hydrogen-bond acceptors (Lipinski definition) is 7. The van der Waals surface area contributed by atoms with Gasteiger partial charge in [0.05, 0.1) is 18.2 Å². The first-order valence-corrected chi connectivity index (χ1v) is 9.12.